The molecule has 0 saturated heterocycles. The number of hydrogen-bond acceptors (Lipinski definition) is 3. The van der Waals surface area contributed by atoms with Crippen LogP contribution in [-0.4, -0.2) is 12.7 Å². The number of rotatable bonds is 7. The Hall–Kier alpha value is -1.29. The van der Waals surface area contributed by atoms with E-state index in [9.17, 15) is 0 Å². The average molecular weight is 288 g/mol. The molecule has 1 unspecified atom stereocenters. The van der Waals surface area contributed by atoms with Gasteiger partial charge in [-0.25, -0.2) is 0 Å². The first-order valence-corrected chi connectivity index (χ1v) is 7.50. The molecule has 0 aliphatic rings. The molecule has 0 spiro atoms. The summed E-state index contributed by atoms with van der Waals surface area (Å²) in [6, 6.07) is 18.5. The zero-order valence-corrected chi connectivity index (χ0v) is 12.7. The predicted molar refractivity (Wildman–Crippen MR) is 83.7 cm³/mol. The van der Waals surface area contributed by atoms with Crippen LogP contribution in [0.15, 0.2) is 59.5 Å². The van der Waals surface area contributed by atoms with Crippen molar-refractivity contribution in [1.82, 2.24) is 0 Å². The zero-order chi connectivity index (χ0) is 14.2. The number of benzene rings is 2. The van der Waals surface area contributed by atoms with Crippen LogP contribution in [-0.2, 0) is 15.5 Å². The normalized spacial score (nSPS) is 12.3. The van der Waals surface area contributed by atoms with Crippen LogP contribution in [0.25, 0.3) is 0 Å². The van der Waals surface area contributed by atoms with Gasteiger partial charge in [0.2, 0.25) is 0 Å². The first kappa shape index (κ1) is 15.1. The van der Waals surface area contributed by atoms with Gasteiger partial charge in [-0.15, -0.1) is 0 Å². The third kappa shape index (κ3) is 5.37. The summed E-state index contributed by atoms with van der Waals surface area (Å²) in [6.07, 6.45) is 0.0770. The van der Waals surface area contributed by atoms with Crippen LogP contribution >= 0.6 is 12.0 Å². The second kappa shape index (κ2) is 8.10. The smallest absolute Gasteiger partial charge is 0.0878 e. The number of aryl methyl sites for hydroxylation is 1. The monoisotopic (exact) mass is 288 g/mol. The van der Waals surface area contributed by atoms with Gasteiger partial charge in [0.1, 0.15) is 0 Å². The molecular weight excluding hydrogens is 268 g/mol. The molecule has 106 valence electrons. The van der Waals surface area contributed by atoms with Crippen molar-refractivity contribution in [3.05, 3.63) is 65.7 Å². The maximum Gasteiger partial charge on any atom is 0.0878 e. The molecule has 2 aromatic carbocycles. The molecule has 0 N–H and O–H groups in total. The highest BCUT2D eigenvalue weighted by Crippen LogP contribution is 2.19. The summed E-state index contributed by atoms with van der Waals surface area (Å²) in [7, 11) is 0. The van der Waals surface area contributed by atoms with Crippen molar-refractivity contribution in [1.29, 1.82) is 0 Å². The van der Waals surface area contributed by atoms with E-state index in [1.807, 2.05) is 25.1 Å². The van der Waals surface area contributed by atoms with Crippen molar-refractivity contribution in [3.63, 3.8) is 0 Å². The van der Waals surface area contributed by atoms with Gasteiger partial charge in [0.25, 0.3) is 0 Å². The minimum atomic E-state index is 0.0770. The highest BCUT2D eigenvalue weighted by molar-refractivity contribution is 7.94. The molecular formula is C17H20O2S. The van der Waals surface area contributed by atoms with Gasteiger partial charge in [0.05, 0.1) is 19.3 Å². The van der Waals surface area contributed by atoms with Crippen LogP contribution in [0.5, 0.6) is 0 Å². The van der Waals surface area contributed by atoms with E-state index in [1.54, 1.807) is 0 Å². The summed E-state index contributed by atoms with van der Waals surface area (Å²) in [5.74, 6) is 0. The molecule has 2 aromatic rings. The van der Waals surface area contributed by atoms with E-state index < -0.39 is 0 Å². The fourth-order valence-electron chi connectivity index (χ4n) is 1.65. The van der Waals surface area contributed by atoms with E-state index >= 15 is 0 Å². The minimum Gasteiger partial charge on any atom is -0.371 e. The van der Waals surface area contributed by atoms with Gasteiger partial charge in [-0.1, -0.05) is 48.0 Å². The Kier molecular flexibility index (Phi) is 6.12. The average Bonchev–Trinajstić information content (AvgIpc) is 2.48. The van der Waals surface area contributed by atoms with Crippen LogP contribution in [0.2, 0.25) is 0 Å². The van der Waals surface area contributed by atoms with Crippen LogP contribution in [0, 0.1) is 6.92 Å². The molecule has 0 aromatic heterocycles. The van der Waals surface area contributed by atoms with Crippen molar-refractivity contribution >= 4 is 12.0 Å². The molecule has 0 radical (unpaired) electrons. The molecule has 2 nitrogen and oxygen atoms in total. The Morgan fingerprint density at radius 2 is 1.70 bits per heavy atom. The van der Waals surface area contributed by atoms with E-state index in [-0.39, 0.29) is 6.10 Å². The Morgan fingerprint density at radius 1 is 1.00 bits per heavy atom. The lowest BCUT2D eigenvalue weighted by atomic mass is 10.2. The molecule has 0 aliphatic carbocycles. The van der Waals surface area contributed by atoms with Gasteiger partial charge in [-0.3, -0.25) is 0 Å². The van der Waals surface area contributed by atoms with Crippen molar-refractivity contribution in [2.75, 3.05) is 6.61 Å². The highest BCUT2D eigenvalue weighted by Gasteiger charge is 2.04. The third-order valence-corrected chi connectivity index (χ3v) is 3.57. The predicted octanol–water partition coefficient (Wildman–Crippen LogP) is 4.62. The molecule has 1 atom stereocenters. The molecule has 0 heterocycles. The lowest BCUT2D eigenvalue weighted by Crippen LogP contribution is -2.13. The van der Waals surface area contributed by atoms with E-state index in [2.05, 4.69) is 43.3 Å². The van der Waals surface area contributed by atoms with E-state index in [0.29, 0.717) is 13.2 Å². The molecule has 2 rings (SSSR count). The molecule has 0 bridgehead atoms. The summed E-state index contributed by atoms with van der Waals surface area (Å²) in [6.45, 7) is 5.30. The van der Waals surface area contributed by atoms with Crippen molar-refractivity contribution in [2.45, 2.75) is 31.5 Å². The molecule has 0 fully saturated rings. The Balaban J connectivity index is 1.65. The maximum atomic E-state index is 5.75. The van der Waals surface area contributed by atoms with Gasteiger partial charge in [0, 0.05) is 16.9 Å². The van der Waals surface area contributed by atoms with Crippen LogP contribution in [0.1, 0.15) is 18.1 Å². The van der Waals surface area contributed by atoms with E-state index in [1.165, 1.54) is 23.2 Å². The van der Waals surface area contributed by atoms with Crippen molar-refractivity contribution < 1.29 is 8.92 Å². The summed E-state index contributed by atoms with van der Waals surface area (Å²) >= 11 is 1.40. The lowest BCUT2D eigenvalue weighted by molar-refractivity contribution is 0.0263. The van der Waals surface area contributed by atoms with Gasteiger partial charge >= 0.3 is 0 Å². The minimum absolute atomic E-state index is 0.0770. The summed E-state index contributed by atoms with van der Waals surface area (Å²) in [5, 5.41) is 0. The second-order valence-corrected chi connectivity index (χ2v) is 5.66. The second-order valence-electron chi connectivity index (χ2n) is 4.79. The van der Waals surface area contributed by atoms with E-state index in [4.69, 9.17) is 8.92 Å². The van der Waals surface area contributed by atoms with Crippen molar-refractivity contribution in [3.8, 4) is 0 Å². The summed E-state index contributed by atoms with van der Waals surface area (Å²) in [4.78, 5) is 1.12. The first-order valence-electron chi connectivity index (χ1n) is 6.76. The lowest BCUT2D eigenvalue weighted by Gasteiger charge is -2.12. The fourth-order valence-corrected chi connectivity index (χ4v) is 2.30. The van der Waals surface area contributed by atoms with Crippen molar-refractivity contribution in [2.24, 2.45) is 0 Å². The molecule has 0 aliphatic heterocycles. The molecule has 20 heavy (non-hydrogen) atoms. The van der Waals surface area contributed by atoms with Gasteiger partial charge in [0.15, 0.2) is 0 Å². The Labute approximate surface area is 125 Å². The first-order chi connectivity index (χ1) is 9.74. The number of ether oxygens (including phenoxy) is 1. The Morgan fingerprint density at radius 3 is 2.40 bits per heavy atom. The highest BCUT2D eigenvalue weighted by atomic mass is 32.2. The third-order valence-electron chi connectivity index (χ3n) is 2.86. The molecule has 3 heteroatoms. The molecule has 0 amide bonds. The molecule has 0 saturated carbocycles. The van der Waals surface area contributed by atoms with Gasteiger partial charge < -0.3 is 8.92 Å². The maximum absolute atomic E-state index is 5.75. The Bertz CT molecular complexity index is 496. The van der Waals surface area contributed by atoms with E-state index in [0.717, 1.165) is 4.90 Å². The van der Waals surface area contributed by atoms with Crippen LogP contribution < -0.4 is 0 Å². The van der Waals surface area contributed by atoms with Gasteiger partial charge in [-0.2, -0.15) is 0 Å². The quantitative estimate of drug-likeness (QED) is 0.692. The van der Waals surface area contributed by atoms with Gasteiger partial charge in [-0.05, 0) is 31.5 Å². The standard InChI is InChI=1S/C17H20O2S/c1-14-8-10-17(11-9-14)20-19-12-15(2)18-13-16-6-4-3-5-7-16/h3-11,15H,12-13H2,1-2H3. The summed E-state index contributed by atoms with van der Waals surface area (Å²) in [5.41, 5.74) is 2.44. The SMILES string of the molecule is Cc1ccc(SOCC(C)OCc2ccccc2)cc1. The zero-order valence-electron chi connectivity index (χ0n) is 11.9. The topological polar surface area (TPSA) is 18.5 Å². The number of hydrogen-bond donors (Lipinski definition) is 0. The van der Waals surface area contributed by atoms with Crippen LogP contribution in [0.3, 0.4) is 0 Å². The fraction of sp³-hybridized carbons (Fsp3) is 0.294. The largest absolute Gasteiger partial charge is 0.371 e. The summed E-state index contributed by atoms with van der Waals surface area (Å²) < 4.78 is 11.3. The van der Waals surface area contributed by atoms with Crippen LogP contribution in [0.4, 0.5) is 0 Å².